The number of pyridine rings is 1. The summed E-state index contributed by atoms with van der Waals surface area (Å²) in [6.45, 7) is 2.09. The maximum atomic E-state index is 5.71. The van der Waals surface area contributed by atoms with Gasteiger partial charge in [-0.1, -0.05) is 19.1 Å². The zero-order valence-electron chi connectivity index (χ0n) is 15.1. The molecule has 7 heteroatoms. The first-order valence-electron chi connectivity index (χ1n) is 8.62. The van der Waals surface area contributed by atoms with E-state index < -0.39 is 0 Å². The van der Waals surface area contributed by atoms with Gasteiger partial charge >= 0.3 is 0 Å². The topological polar surface area (TPSA) is 94.3 Å². The molecule has 2 N–H and O–H groups in total. The lowest BCUT2D eigenvalue weighted by Gasteiger charge is -2.11. The number of hydrogen-bond donors (Lipinski definition) is 1. The molecule has 0 amide bonds. The van der Waals surface area contributed by atoms with E-state index in [0.717, 1.165) is 27.9 Å². The summed E-state index contributed by atoms with van der Waals surface area (Å²) in [5.74, 6) is 0.775. The van der Waals surface area contributed by atoms with Crippen LogP contribution >= 0.6 is 0 Å². The Morgan fingerprint density at radius 1 is 1.19 bits per heavy atom. The zero-order valence-corrected chi connectivity index (χ0v) is 15.1. The molecule has 3 heterocycles. The van der Waals surface area contributed by atoms with Crippen LogP contribution in [0.2, 0.25) is 0 Å². The minimum atomic E-state index is 0.0116. The van der Waals surface area contributed by atoms with Crippen molar-refractivity contribution in [3.8, 4) is 0 Å². The molecular weight excluding hydrogens is 338 g/mol. The summed E-state index contributed by atoms with van der Waals surface area (Å²) in [5.41, 5.74) is 9.95. The Kier molecular flexibility index (Phi) is 4.33. The predicted molar refractivity (Wildman–Crippen MR) is 107 cm³/mol. The van der Waals surface area contributed by atoms with E-state index in [1.54, 1.807) is 24.0 Å². The third-order valence-corrected chi connectivity index (χ3v) is 4.54. The van der Waals surface area contributed by atoms with Crippen LogP contribution in [0.15, 0.2) is 59.9 Å². The lowest BCUT2D eigenvalue weighted by Crippen LogP contribution is -2.07. The van der Waals surface area contributed by atoms with Crippen molar-refractivity contribution in [2.24, 2.45) is 10.7 Å². The largest absolute Gasteiger partial charge is 0.404 e. The van der Waals surface area contributed by atoms with Gasteiger partial charge in [-0.3, -0.25) is 9.98 Å². The highest BCUT2D eigenvalue weighted by atomic mass is 15.4. The van der Waals surface area contributed by atoms with Crippen molar-refractivity contribution in [1.82, 2.24) is 24.8 Å². The molecule has 7 nitrogen and oxygen atoms in total. The highest BCUT2D eigenvalue weighted by Gasteiger charge is 2.17. The smallest absolute Gasteiger partial charge is 0.177 e. The van der Waals surface area contributed by atoms with Gasteiger partial charge in [-0.25, -0.2) is 0 Å². The van der Waals surface area contributed by atoms with Crippen molar-refractivity contribution in [1.29, 1.82) is 0 Å². The van der Waals surface area contributed by atoms with E-state index in [4.69, 9.17) is 5.73 Å². The molecule has 0 aliphatic rings. The SMILES string of the molecule is CN=CC(=CN)c1ccc2nnc(C(C)c3ccc4ncccc4c3)n2n1. The first-order valence-corrected chi connectivity index (χ1v) is 8.62. The number of aromatic nitrogens is 5. The van der Waals surface area contributed by atoms with Crippen LogP contribution in [0.1, 0.15) is 29.9 Å². The first kappa shape index (κ1) is 16.8. The second kappa shape index (κ2) is 6.95. The average molecular weight is 357 g/mol. The van der Waals surface area contributed by atoms with Gasteiger partial charge in [0.1, 0.15) is 0 Å². The van der Waals surface area contributed by atoms with Crippen LogP contribution in [-0.2, 0) is 0 Å². The number of nitrogens with zero attached hydrogens (tertiary/aromatic N) is 6. The van der Waals surface area contributed by atoms with Crippen LogP contribution in [0.25, 0.3) is 22.1 Å². The Labute approximate surface area is 156 Å². The Morgan fingerprint density at radius 3 is 2.89 bits per heavy atom. The van der Waals surface area contributed by atoms with Crippen LogP contribution < -0.4 is 5.73 Å². The molecule has 0 saturated carbocycles. The van der Waals surface area contributed by atoms with Gasteiger partial charge in [0, 0.05) is 42.5 Å². The maximum absolute atomic E-state index is 5.71. The molecule has 0 fully saturated rings. The van der Waals surface area contributed by atoms with Gasteiger partial charge < -0.3 is 5.73 Å². The van der Waals surface area contributed by atoms with E-state index >= 15 is 0 Å². The molecule has 134 valence electrons. The van der Waals surface area contributed by atoms with E-state index in [9.17, 15) is 0 Å². The van der Waals surface area contributed by atoms with Gasteiger partial charge in [-0.15, -0.1) is 10.2 Å². The van der Waals surface area contributed by atoms with Crippen LogP contribution in [0.5, 0.6) is 0 Å². The van der Waals surface area contributed by atoms with Crippen LogP contribution in [0.3, 0.4) is 0 Å². The van der Waals surface area contributed by atoms with Gasteiger partial charge in [-0.2, -0.15) is 9.61 Å². The molecule has 4 aromatic rings. The summed E-state index contributed by atoms with van der Waals surface area (Å²) in [6, 6.07) is 14.0. The van der Waals surface area contributed by atoms with Crippen molar-refractivity contribution in [3.63, 3.8) is 0 Å². The summed E-state index contributed by atoms with van der Waals surface area (Å²) in [4.78, 5) is 8.40. The van der Waals surface area contributed by atoms with Crippen LogP contribution in [0, 0.1) is 0 Å². The summed E-state index contributed by atoms with van der Waals surface area (Å²) >= 11 is 0. The number of rotatable bonds is 4. The molecule has 4 rings (SSSR count). The quantitative estimate of drug-likeness (QED) is 0.567. The second-order valence-corrected chi connectivity index (χ2v) is 6.23. The van der Waals surface area contributed by atoms with Crippen molar-refractivity contribution in [3.05, 3.63) is 71.9 Å². The molecule has 3 aromatic heterocycles. The fraction of sp³-hybridized carbons (Fsp3) is 0.150. The molecule has 0 radical (unpaired) electrons. The standard InChI is InChI=1S/C20H19N7/c1-13(14-5-6-17-15(10-14)4-3-9-23-17)20-25-24-19-8-7-18(26-27(19)20)16(11-21)12-22-2/h3-13H,21H2,1-2H3. The highest BCUT2D eigenvalue weighted by molar-refractivity contribution is 6.08. The van der Waals surface area contributed by atoms with E-state index in [0.29, 0.717) is 11.3 Å². The van der Waals surface area contributed by atoms with Gasteiger partial charge in [0.2, 0.25) is 0 Å². The van der Waals surface area contributed by atoms with Crippen molar-refractivity contribution in [2.75, 3.05) is 7.05 Å². The second-order valence-electron chi connectivity index (χ2n) is 6.23. The minimum Gasteiger partial charge on any atom is -0.404 e. The van der Waals surface area contributed by atoms with E-state index in [-0.39, 0.29) is 5.92 Å². The minimum absolute atomic E-state index is 0.0116. The zero-order chi connectivity index (χ0) is 18.8. The molecule has 0 aliphatic carbocycles. The fourth-order valence-electron chi connectivity index (χ4n) is 3.08. The van der Waals surface area contributed by atoms with Crippen LogP contribution in [-0.4, -0.2) is 38.1 Å². The highest BCUT2D eigenvalue weighted by Crippen LogP contribution is 2.26. The number of nitrogens with two attached hydrogens (primary N) is 1. The molecule has 1 atom stereocenters. The normalized spacial score (nSPS) is 13.6. The molecule has 0 bridgehead atoms. The van der Waals surface area contributed by atoms with E-state index in [1.165, 1.54) is 6.20 Å². The van der Waals surface area contributed by atoms with Gasteiger partial charge in [0.25, 0.3) is 0 Å². The first-order chi connectivity index (χ1) is 13.2. The molecule has 0 aliphatic heterocycles. The number of benzene rings is 1. The third kappa shape index (κ3) is 3.03. The lowest BCUT2D eigenvalue weighted by molar-refractivity contribution is 0.748. The summed E-state index contributed by atoms with van der Waals surface area (Å²) in [7, 11) is 1.70. The molecule has 0 spiro atoms. The summed E-state index contributed by atoms with van der Waals surface area (Å²) < 4.78 is 1.76. The van der Waals surface area contributed by atoms with E-state index in [2.05, 4.69) is 50.4 Å². The Bertz CT molecular complexity index is 1170. The molecule has 1 aromatic carbocycles. The maximum Gasteiger partial charge on any atom is 0.177 e. The lowest BCUT2D eigenvalue weighted by atomic mass is 9.98. The van der Waals surface area contributed by atoms with Crippen LogP contribution in [0.4, 0.5) is 0 Å². The molecule has 1 unspecified atom stereocenters. The van der Waals surface area contributed by atoms with Gasteiger partial charge in [0.05, 0.1) is 11.2 Å². The van der Waals surface area contributed by atoms with Crippen molar-refractivity contribution in [2.45, 2.75) is 12.8 Å². The number of allylic oxidation sites excluding steroid dienone is 1. The Hall–Kier alpha value is -3.61. The average Bonchev–Trinajstić information content (AvgIpc) is 3.14. The Balaban J connectivity index is 1.79. The van der Waals surface area contributed by atoms with Gasteiger partial charge in [0.15, 0.2) is 11.5 Å². The van der Waals surface area contributed by atoms with E-state index in [1.807, 2.05) is 24.3 Å². The third-order valence-electron chi connectivity index (χ3n) is 4.54. The Morgan fingerprint density at radius 2 is 2.07 bits per heavy atom. The fourth-order valence-corrected chi connectivity index (χ4v) is 3.08. The molecule has 27 heavy (non-hydrogen) atoms. The van der Waals surface area contributed by atoms with Gasteiger partial charge in [-0.05, 0) is 35.9 Å². The monoisotopic (exact) mass is 357 g/mol. The summed E-state index contributed by atoms with van der Waals surface area (Å²) in [5, 5.41) is 14.4. The van der Waals surface area contributed by atoms with Crippen molar-refractivity contribution >= 4 is 28.3 Å². The number of hydrogen-bond acceptors (Lipinski definition) is 6. The number of aliphatic imine (C=N–C) groups is 1. The predicted octanol–water partition coefficient (Wildman–Crippen LogP) is 2.82. The van der Waals surface area contributed by atoms with Crippen molar-refractivity contribution < 1.29 is 0 Å². The molecular formula is C20H19N7. The summed E-state index contributed by atoms with van der Waals surface area (Å²) in [6.07, 6.45) is 4.97. The number of fused-ring (bicyclic) bond motifs is 2. The molecule has 0 saturated heterocycles.